The Morgan fingerprint density at radius 2 is 1.95 bits per heavy atom. The smallest absolute Gasteiger partial charge is 0.234 e. The lowest BCUT2D eigenvalue weighted by molar-refractivity contribution is -0.146. The number of rotatable bonds is 2. The van der Waals surface area contributed by atoms with Crippen LogP contribution < -0.4 is 0 Å². The molecule has 0 aliphatic rings. The average Bonchev–Trinajstić information content (AvgIpc) is 2.93. The molecular formula is C11H8F3N5S2. The number of aromatic nitrogens is 5. The predicted molar refractivity (Wildman–Crippen MR) is 71.5 cm³/mol. The molecule has 10 heteroatoms. The fourth-order valence-electron chi connectivity index (χ4n) is 1.58. The lowest BCUT2D eigenvalue weighted by Gasteiger charge is -2.03. The summed E-state index contributed by atoms with van der Waals surface area (Å²) in [5.41, 5.74) is 0.960. The van der Waals surface area contributed by atoms with Crippen LogP contribution >= 0.6 is 23.1 Å². The van der Waals surface area contributed by atoms with Gasteiger partial charge in [0.2, 0.25) is 0 Å². The summed E-state index contributed by atoms with van der Waals surface area (Å²) < 4.78 is 39.8. The maximum Gasteiger partial charge on any atom is 0.453 e. The average molecular weight is 331 g/mol. The van der Waals surface area contributed by atoms with E-state index in [0.717, 1.165) is 14.9 Å². The zero-order valence-electron chi connectivity index (χ0n) is 10.8. The molecular weight excluding hydrogens is 323 g/mol. The summed E-state index contributed by atoms with van der Waals surface area (Å²) in [6.07, 6.45) is -4.59. The van der Waals surface area contributed by atoms with Crippen LogP contribution in [0.1, 0.15) is 16.4 Å². The molecule has 21 heavy (non-hydrogen) atoms. The van der Waals surface area contributed by atoms with Crippen molar-refractivity contribution in [2.45, 2.75) is 29.4 Å². The molecule has 110 valence electrons. The monoisotopic (exact) mass is 331 g/mol. The first kappa shape index (κ1) is 14.3. The molecule has 0 spiro atoms. The topological polar surface area (TPSA) is 56.0 Å². The lowest BCUT2D eigenvalue weighted by atomic mass is 10.4. The summed E-state index contributed by atoms with van der Waals surface area (Å²) in [5, 5.41) is 10.9. The minimum Gasteiger partial charge on any atom is -0.234 e. The molecule has 0 radical (unpaired) electrons. The third-order valence-electron chi connectivity index (χ3n) is 2.69. The summed E-state index contributed by atoms with van der Waals surface area (Å²) in [4.78, 5) is 5.39. The molecule has 0 aliphatic carbocycles. The van der Waals surface area contributed by atoms with Gasteiger partial charge in [0, 0.05) is 4.88 Å². The van der Waals surface area contributed by atoms with E-state index in [4.69, 9.17) is 0 Å². The van der Waals surface area contributed by atoms with Crippen molar-refractivity contribution in [3.8, 4) is 0 Å². The van der Waals surface area contributed by atoms with Crippen LogP contribution in [0.5, 0.6) is 0 Å². The second kappa shape index (κ2) is 4.95. The van der Waals surface area contributed by atoms with Crippen LogP contribution in [-0.4, -0.2) is 24.8 Å². The highest BCUT2D eigenvalue weighted by Crippen LogP contribution is 2.32. The summed E-state index contributed by atoms with van der Waals surface area (Å²) >= 11 is 2.69. The Morgan fingerprint density at radius 1 is 1.19 bits per heavy atom. The molecule has 3 aromatic rings. The van der Waals surface area contributed by atoms with Crippen molar-refractivity contribution < 1.29 is 13.2 Å². The number of fused-ring (bicyclic) bond motifs is 1. The molecule has 0 fully saturated rings. The third-order valence-corrected chi connectivity index (χ3v) is 4.75. The number of hydrogen-bond donors (Lipinski definition) is 0. The first-order valence-electron chi connectivity index (χ1n) is 5.76. The zero-order chi connectivity index (χ0) is 15.2. The Hall–Kier alpha value is -1.68. The number of thiazole rings is 1. The molecule has 0 bridgehead atoms. The van der Waals surface area contributed by atoms with Crippen LogP contribution in [0.15, 0.2) is 21.5 Å². The highest BCUT2D eigenvalue weighted by molar-refractivity contribution is 8.01. The van der Waals surface area contributed by atoms with Crippen LogP contribution in [0, 0.1) is 13.8 Å². The zero-order valence-corrected chi connectivity index (χ0v) is 12.5. The minimum absolute atomic E-state index is 0.0539. The van der Waals surface area contributed by atoms with Crippen molar-refractivity contribution in [2.24, 2.45) is 0 Å². The molecule has 0 amide bonds. The summed E-state index contributed by atoms with van der Waals surface area (Å²) in [6, 6.07) is 3.05. The maximum atomic E-state index is 12.8. The molecule has 0 saturated heterocycles. The van der Waals surface area contributed by atoms with Gasteiger partial charge in [0.1, 0.15) is 5.03 Å². The molecule has 0 unspecified atom stereocenters. The van der Waals surface area contributed by atoms with Crippen LogP contribution in [0.3, 0.4) is 0 Å². The Morgan fingerprint density at radius 3 is 2.57 bits per heavy atom. The van der Waals surface area contributed by atoms with Crippen molar-refractivity contribution in [1.29, 1.82) is 0 Å². The van der Waals surface area contributed by atoms with E-state index in [1.807, 2.05) is 13.8 Å². The second-order valence-electron chi connectivity index (χ2n) is 4.19. The molecule has 0 N–H and O–H groups in total. The molecule has 0 saturated carbocycles. The van der Waals surface area contributed by atoms with Gasteiger partial charge in [-0.25, -0.2) is 4.98 Å². The highest BCUT2D eigenvalue weighted by atomic mass is 32.2. The van der Waals surface area contributed by atoms with Gasteiger partial charge in [-0.1, -0.05) is 0 Å². The minimum atomic E-state index is -4.59. The van der Waals surface area contributed by atoms with Crippen molar-refractivity contribution >= 4 is 28.7 Å². The molecule has 3 rings (SSSR count). The SMILES string of the molecule is Cc1nc(Sc2ccc3nnc(C(F)(F)F)n3n2)sc1C. The fourth-order valence-corrected chi connectivity index (χ4v) is 3.64. The van der Waals surface area contributed by atoms with E-state index in [1.54, 1.807) is 6.07 Å². The van der Waals surface area contributed by atoms with Gasteiger partial charge in [-0.15, -0.1) is 21.5 Å². The quantitative estimate of drug-likeness (QED) is 0.721. The van der Waals surface area contributed by atoms with Gasteiger partial charge in [0.15, 0.2) is 9.99 Å². The maximum absolute atomic E-state index is 12.8. The predicted octanol–water partition coefficient (Wildman–Crippen LogP) is 3.37. The standard InChI is InChI=1S/C11H8F3N5S2/c1-5-6(2)20-10(15-5)21-8-4-3-7-16-17-9(11(12,13)14)19(7)18-8/h3-4H,1-2H3. The second-order valence-corrected chi connectivity index (χ2v) is 6.66. The molecule has 0 aromatic carbocycles. The van der Waals surface area contributed by atoms with Crippen molar-refractivity contribution in [1.82, 2.24) is 24.8 Å². The van der Waals surface area contributed by atoms with E-state index in [9.17, 15) is 13.2 Å². The Bertz CT molecular complexity index is 788. The number of halogens is 3. The van der Waals surface area contributed by atoms with Gasteiger partial charge < -0.3 is 0 Å². The molecule has 3 aromatic heterocycles. The van der Waals surface area contributed by atoms with Gasteiger partial charge in [-0.2, -0.15) is 22.8 Å². The molecule has 0 atom stereocenters. The highest BCUT2D eigenvalue weighted by Gasteiger charge is 2.37. The Kier molecular flexibility index (Phi) is 3.36. The van der Waals surface area contributed by atoms with E-state index in [-0.39, 0.29) is 5.65 Å². The van der Waals surface area contributed by atoms with Gasteiger partial charge in [0.05, 0.1) is 5.69 Å². The van der Waals surface area contributed by atoms with Gasteiger partial charge >= 0.3 is 6.18 Å². The van der Waals surface area contributed by atoms with E-state index < -0.39 is 12.0 Å². The largest absolute Gasteiger partial charge is 0.453 e. The summed E-state index contributed by atoms with van der Waals surface area (Å²) in [5.74, 6) is -1.13. The van der Waals surface area contributed by atoms with E-state index in [1.165, 1.54) is 29.2 Å². The summed E-state index contributed by atoms with van der Waals surface area (Å²) in [6.45, 7) is 3.82. The van der Waals surface area contributed by atoms with Crippen LogP contribution in [0.2, 0.25) is 0 Å². The van der Waals surface area contributed by atoms with Crippen molar-refractivity contribution in [3.63, 3.8) is 0 Å². The van der Waals surface area contributed by atoms with Crippen LogP contribution in [0.4, 0.5) is 13.2 Å². The van der Waals surface area contributed by atoms with Gasteiger partial charge in [-0.05, 0) is 37.7 Å². The van der Waals surface area contributed by atoms with Gasteiger partial charge in [-0.3, -0.25) is 0 Å². The number of nitrogens with zero attached hydrogens (tertiary/aromatic N) is 5. The van der Waals surface area contributed by atoms with Crippen molar-refractivity contribution in [2.75, 3.05) is 0 Å². The van der Waals surface area contributed by atoms with E-state index in [2.05, 4.69) is 20.3 Å². The molecule has 0 aliphatic heterocycles. The third kappa shape index (κ3) is 2.72. The number of alkyl halides is 3. The summed E-state index contributed by atoms with van der Waals surface area (Å²) in [7, 11) is 0. The Balaban J connectivity index is 2.00. The van der Waals surface area contributed by atoms with Gasteiger partial charge in [0.25, 0.3) is 5.82 Å². The first-order valence-corrected chi connectivity index (χ1v) is 7.39. The van der Waals surface area contributed by atoms with E-state index in [0.29, 0.717) is 9.54 Å². The number of aryl methyl sites for hydroxylation is 2. The lowest BCUT2D eigenvalue weighted by Crippen LogP contribution is -2.12. The van der Waals surface area contributed by atoms with E-state index >= 15 is 0 Å². The Labute approximate surface area is 125 Å². The van der Waals surface area contributed by atoms with Crippen molar-refractivity contribution in [3.05, 3.63) is 28.5 Å². The first-order chi connectivity index (χ1) is 9.84. The molecule has 3 heterocycles. The van der Waals surface area contributed by atoms with Crippen LogP contribution in [0.25, 0.3) is 5.65 Å². The van der Waals surface area contributed by atoms with Crippen LogP contribution in [-0.2, 0) is 6.18 Å². The normalized spacial score (nSPS) is 12.2. The molecule has 5 nitrogen and oxygen atoms in total. The number of hydrogen-bond acceptors (Lipinski definition) is 6. The fraction of sp³-hybridized carbons (Fsp3) is 0.273.